The van der Waals surface area contributed by atoms with Crippen molar-refractivity contribution in [3.63, 3.8) is 0 Å². The molecule has 12 heteroatoms. The summed E-state index contributed by atoms with van der Waals surface area (Å²) in [6.45, 7) is 4.51. The SMILES string of the molecule is CC(C)(C)C(=O)OCOC(=O)c1cccc2c1OB(O)[C@@H](NC(=O)Cc1csc(N)n1)C2. The summed E-state index contributed by atoms with van der Waals surface area (Å²) in [6.07, 6.45) is 0.255. The van der Waals surface area contributed by atoms with E-state index in [0.29, 0.717) is 16.4 Å². The second-order valence-electron chi connectivity index (χ2n) is 8.27. The van der Waals surface area contributed by atoms with E-state index in [-0.39, 0.29) is 30.1 Å². The number of carbonyl (C=O) groups excluding carboxylic acids is 3. The number of anilines is 1. The second-order valence-corrected chi connectivity index (χ2v) is 9.16. The standard InChI is InChI=1S/C20H24BN3O7S/c1-20(2,3)18(27)30-10-29-17(26)13-6-4-5-11-7-14(21(28)31-16(11)13)24-15(25)8-12-9-32-19(22)23-12/h4-6,9,14,28H,7-8,10H2,1-3H3,(H2,22,23)(H,24,25)/t14-/m0/s1. The number of esters is 2. The maximum absolute atomic E-state index is 12.5. The molecule has 1 amide bonds. The Hall–Kier alpha value is -3.12. The van der Waals surface area contributed by atoms with Gasteiger partial charge in [0, 0.05) is 5.38 Å². The van der Waals surface area contributed by atoms with Gasteiger partial charge < -0.3 is 30.2 Å². The van der Waals surface area contributed by atoms with Crippen LogP contribution in [0.25, 0.3) is 0 Å². The van der Waals surface area contributed by atoms with Crippen LogP contribution in [-0.4, -0.2) is 47.7 Å². The minimum atomic E-state index is -1.38. The molecule has 10 nitrogen and oxygen atoms in total. The minimum absolute atomic E-state index is 0.0173. The summed E-state index contributed by atoms with van der Waals surface area (Å²) in [5, 5.41) is 15.2. The van der Waals surface area contributed by atoms with Crippen molar-refractivity contribution in [2.24, 2.45) is 5.41 Å². The van der Waals surface area contributed by atoms with Gasteiger partial charge in [-0.2, -0.15) is 0 Å². The van der Waals surface area contributed by atoms with Gasteiger partial charge >= 0.3 is 19.1 Å². The van der Waals surface area contributed by atoms with Crippen LogP contribution in [0.2, 0.25) is 0 Å². The Labute approximate surface area is 189 Å². The van der Waals surface area contributed by atoms with Crippen LogP contribution in [0.3, 0.4) is 0 Å². The number of hydrogen-bond acceptors (Lipinski definition) is 10. The van der Waals surface area contributed by atoms with Gasteiger partial charge in [-0.1, -0.05) is 12.1 Å². The number of amides is 1. The van der Waals surface area contributed by atoms with Crippen LogP contribution < -0.4 is 15.7 Å². The molecule has 0 saturated carbocycles. The summed E-state index contributed by atoms with van der Waals surface area (Å²) in [4.78, 5) is 40.6. The van der Waals surface area contributed by atoms with E-state index in [4.69, 9.17) is 19.9 Å². The molecule has 0 spiro atoms. The van der Waals surface area contributed by atoms with Crippen LogP contribution >= 0.6 is 11.3 Å². The summed E-state index contributed by atoms with van der Waals surface area (Å²) in [6, 6.07) is 4.83. The third-order valence-corrected chi connectivity index (χ3v) is 5.31. The highest BCUT2D eigenvalue weighted by Crippen LogP contribution is 2.30. The number of aromatic nitrogens is 1. The quantitative estimate of drug-likeness (QED) is 0.327. The largest absolute Gasteiger partial charge is 0.547 e. The van der Waals surface area contributed by atoms with Crippen LogP contribution in [0.5, 0.6) is 5.75 Å². The number of para-hydroxylation sites is 1. The molecule has 1 aliphatic heterocycles. The number of benzene rings is 1. The number of nitrogens with zero attached hydrogens (tertiary/aromatic N) is 1. The fourth-order valence-electron chi connectivity index (χ4n) is 2.97. The highest BCUT2D eigenvalue weighted by molar-refractivity contribution is 7.13. The van der Waals surface area contributed by atoms with Crippen molar-refractivity contribution in [2.75, 3.05) is 12.5 Å². The molecule has 2 aromatic rings. The van der Waals surface area contributed by atoms with Crippen LogP contribution in [0.15, 0.2) is 23.6 Å². The molecule has 1 aromatic heterocycles. The molecular formula is C20H24BN3O7S. The van der Waals surface area contributed by atoms with Crippen LogP contribution in [0.1, 0.15) is 42.4 Å². The average molecular weight is 461 g/mol. The van der Waals surface area contributed by atoms with E-state index in [1.807, 2.05) is 0 Å². The molecule has 1 aromatic carbocycles. The smallest absolute Gasteiger partial charge is 0.534 e. The third kappa shape index (κ3) is 5.77. The van der Waals surface area contributed by atoms with Gasteiger partial charge in [0.25, 0.3) is 0 Å². The summed E-state index contributed by atoms with van der Waals surface area (Å²) in [7, 11) is -1.38. The van der Waals surface area contributed by atoms with Crippen molar-refractivity contribution in [3.05, 3.63) is 40.4 Å². The van der Waals surface area contributed by atoms with E-state index in [1.165, 1.54) is 17.4 Å². The summed E-state index contributed by atoms with van der Waals surface area (Å²) in [5.74, 6) is -2.18. The number of thiazole rings is 1. The monoisotopic (exact) mass is 461 g/mol. The van der Waals surface area contributed by atoms with Crippen molar-refractivity contribution in [1.82, 2.24) is 10.3 Å². The van der Waals surface area contributed by atoms with Crippen molar-refractivity contribution in [2.45, 2.75) is 39.6 Å². The minimum Gasteiger partial charge on any atom is -0.534 e. The first-order valence-electron chi connectivity index (χ1n) is 9.85. The van der Waals surface area contributed by atoms with E-state index >= 15 is 0 Å². The van der Waals surface area contributed by atoms with E-state index in [2.05, 4.69) is 10.3 Å². The zero-order chi connectivity index (χ0) is 23.5. The molecule has 0 fully saturated rings. The molecule has 0 radical (unpaired) electrons. The fourth-order valence-corrected chi connectivity index (χ4v) is 3.53. The highest BCUT2D eigenvalue weighted by atomic mass is 32.1. The van der Waals surface area contributed by atoms with E-state index in [0.717, 1.165) is 0 Å². The first-order valence-corrected chi connectivity index (χ1v) is 10.7. The molecule has 0 saturated heterocycles. The van der Waals surface area contributed by atoms with Gasteiger partial charge in [0.1, 0.15) is 11.3 Å². The zero-order valence-corrected chi connectivity index (χ0v) is 18.7. The Morgan fingerprint density at radius 3 is 2.75 bits per heavy atom. The van der Waals surface area contributed by atoms with Crippen molar-refractivity contribution >= 4 is 41.4 Å². The van der Waals surface area contributed by atoms with E-state index < -0.39 is 37.2 Å². The Morgan fingerprint density at radius 1 is 1.34 bits per heavy atom. The van der Waals surface area contributed by atoms with E-state index in [1.54, 1.807) is 38.3 Å². The maximum atomic E-state index is 12.5. The molecule has 1 atom stereocenters. The summed E-state index contributed by atoms with van der Waals surface area (Å²) >= 11 is 1.24. The lowest BCUT2D eigenvalue weighted by atomic mass is 9.72. The topological polar surface area (TPSA) is 150 Å². The summed E-state index contributed by atoms with van der Waals surface area (Å²) < 4.78 is 15.5. The molecule has 1 aliphatic rings. The molecule has 0 aliphatic carbocycles. The average Bonchev–Trinajstić information content (AvgIpc) is 3.11. The van der Waals surface area contributed by atoms with Crippen LogP contribution in [0.4, 0.5) is 5.13 Å². The van der Waals surface area contributed by atoms with Crippen LogP contribution in [-0.2, 0) is 31.9 Å². The first-order chi connectivity index (χ1) is 15.0. The number of rotatable bonds is 6. The van der Waals surface area contributed by atoms with E-state index in [9.17, 15) is 19.4 Å². The fraction of sp³-hybridized carbons (Fsp3) is 0.400. The highest BCUT2D eigenvalue weighted by Gasteiger charge is 2.38. The lowest BCUT2D eigenvalue weighted by molar-refractivity contribution is -0.161. The number of nitrogen functional groups attached to an aromatic ring is 1. The number of hydrogen-bond donors (Lipinski definition) is 3. The van der Waals surface area contributed by atoms with Crippen molar-refractivity contribution in [1.29, 1.82) is 0 Å². The lowest BCUT2D eigenvalue weighted by Gasteiger charge is -2.29. The van der Waals surface area contributed by atoms with Gasteiger partial charge in [0.15, 0.2) is 5.13 Å². The number of carbonyl (C=O) groups is 3. The predicted molar refractivity (Wildman–Crippen MR) is 117 cm³/mol. The Balaban J connectivity index is 1.62. The molecule has 4 N–H and O–H groups in total. The Kier molecular flexibility index (Phi) is 7.04. The van der Waals surface area contributed by atoms with Gasteiger partial charge in [-0.15, -0.1) is 11.3 Å². The number of nitrogens with two attached hydrogens (primary N) is 1. The number of fused-ring (bicyclic) bond motifs is 1. The number of ether oxygens (including phenoxy) is 2. The van der Waals surface area contributed by atoms with Crippen LogP contribution in [0, 0.1) is 5.41 Å². The van der Waals surface area contributed by atoms with Gasteiger partial charge in [-0.3, -0.25) is 9.59 Å². The molecule has 32 heavy (non-hydrogen) atoms. The van der Waals surface area contributed by atoms with Gasteiger partial charge in [-0.05, 0) is 38.8 Å². The normalized spacial score (nSPS) is 15.4. The zero-order valence-electron chi connectivity index (χ0n) is 17.9. The summed E-state index contributed by atoms with van der Waals surface area (Å²) in [5.41, 5.74) is 6.07. The predicted octanol–water partition coefficient (Wildman–Crippen LogP) is 1.11. The third-order valence-electron chi connectivity index (χ3n) is 4.59. The molecule has 0 unspecified atom stereocenters. The molecule has 2 heterocycles. The second kappa shape index (κ2) is 9.57. The maximum Gasteiger partial charge on any atom is 0.547 e. The Morgan fingerprint density at radius 2 is 2.09 bits per heavy atom. The molecule has 0 bridgehead atoms. The molecule has 170 valence electrons. The van der Waals surface area contributed by atoms with Crippen molar-refractivity contribution in [3.8, 4) is 5.75 Å². The number of nitrogens with one attached hydrogen (secondary N) is 1. The molecule has 3 rings (SSSR count). The Bertz CT molecular complexity index is 1020. The molecular weight excluding hydrogens is 437 g/mol. The van der Waals surface area contributed by atoms with Crippen molar-refractivity contribution < 1.29 is 33.5 Å². The van der Waals surface area contributed by atoms with Gasteiger partial charge in [-0.25, -0.2) is 9.78 Å². The lowest BCUT2D eigenvalue weighted by Crippen LogP contribution is -2.53. The van der Waals surface area contributed by atoms with Gasteiger partial charge in [0.2, 0.25) is 12.7 Å². The first kappa shape index (κ1) is 23.5. The van der Waals surface area contributed by atoms with Gasteiger partial charge in [0.05, 0.1) is 23.5 Å².